The number of rotatable bonds is 4. The lowest BCUT2D eigenvalue weighted by atomic mass is 10.1. The Balaban J connectivity index is 1.73. The Morgan fingerprint density at radius 3 is 3.06 bits per heavy atom. The first kappa shape index (κ1) is 12.0. The van der Waals surface area contributed by atoms with Gasteiger partial charge in [-0.25, -0.2) is 0 Å². The van der Waals surface area contributed by atoms with Gasteiger partial charge in [-0.1, -0.05) is 0 Å². The smallest absolute Gasteiger partial charge is 0.221 e. The predicted octanol–water partition coefficient (Wildman–Crippen LogP) is 0.543. The molecule has 1 amide bonds. The Hall–Kier alpha value is -1.49. The van der Waals surface area contributed by atoms with Crippen molar-refractivity contribution < 1.29 is 4.79 Å². The lowest BCUT2D eigenvalue weighted by molar-refractivity contribution is -0.121. The van der Waals surface area contributed by atoms with E-state index in [0.29, 0.717) is 19.0 Å². The largest absolute Gasteiger partial charge is 0.350 e. The molecule has 2 N–H and O–H groups in total. The Morgan fingerprint density at radius 2 is 2.41 bits per heavy atom. The minimum absolute atomic E-state index is 0.0757. The summed E-state index contributed by atoms with van der Waals surface area (Å²) in [6, 6.07) is 0.346. The molecule has 1 saturated heterocycles. The second kappa shape index (κ2) is 5.72. The predicted molar refractivity (Wildman–Crippen MR) is 64.3 cm³/mol. The van der Waals surface area contributed by atoms with Crippen LogP contribution in [0.5, 0.6) is 0 Å². The van der Waals surface area contributed by atoms with Gasteiger partial charge in [0.1, 0.15) is 0 Å². The summed E-state index contributed by atoms with van der Waals surface area (Å²) < 4.78 is 0. The van der Waals surface area contributed by atoms with Crippen molar-refractivity contribution in [1.29, 1.82) is 0 Å². The third-order valence-electron chi connectivity index (χ3n) is 2.90. The molecule has 1 aliphatic rings. The van der Waals surface area contributed by atoms with Gasteiger partial charge in [-0.3, -0.25) is 14.8 Å². The molecule has 0 bridgehead atoms. The van der Waals surface area contributed by atoms with Crippen molar-refractivity contribution in [1.82, 2.24) is 20.6 Å². The number of aryl methyl sites for hydroxylation is 1. The van der Waals surface area contributed by atoms with Crippen LogP contribution in [0.2, 0.25) is 0 Å². The molecule has 0 aromatic carbocycles. The zero-order valence-electron chi connectivity index (χ0n) is 10.1. The summed E-state index contributed by atoms with van der Waals surface area (Å²) in [5, 5.41) is 6.17. The Bertz CT molecular complexity index is 371. The number of hydrogen-bond acceptors (Lipinski definition) is 4. The molecular weight excluding hydrogens is 216 g/mol. The number of amides is 1. The standard InChI is InChI=1S/C12H18N4O/c1-9-6-15-11(7-14-9)8-16-12(17)5-10-3-2-4-13-10/h6-7,10,13H,2-5,8H2,1H3,(H,16,17). The number of hydrogen-bond donors (Lipinski definition) is 2. The van der Waals surface area contributed by atoms with E-state index in [1.165, 1.54) is 6.42 Å². The van der Waals surface area contributed by atoms with Crippen LogP contribution in [0.4, 0.5) is 0 Å². The van der Waals surface area contributed by atoms with Crippen LogP contribution in [0.25, 0.3) is 0 Å². The maximum atomic E-state index is 11.6. The summed E-state index contributed by atoms with van der Waals surface area (Å²) in [7, 11) is 0. The minimum atomic E-state index is 0.0757. The third-order valence-corrected chi connectivity index (χ3v) is 2.90. The van der Waals surface area contributed by atoms with Crippen LogP contribution < -0.4 is 10.6 Å². The van der Waals surface area contributed by atoms with Crippen LogP contribution in [-0.4, -0.2) is 28.5 Å². The van der Waals surface area contributed by atoms with E-state index in [1.54, 1.807) is 12.4 Å². The Labute approximate surface area is 101 Å². The van der Waals surface area contributed by atoms with Crippen LogP contribution in [0.3, 0.4) is 0 Å². The molecule has 0 saturated carbocycles. The van der Waals surface area contributed by atoms with Crippen molar-refractivity contribution >= 4 is 5.91 Å². The molecule has 1 aromatic heterocycles. The number of nitrogens with one attached hydrogen (secondary N) is 2. The van der Waals surface area contributed by atoms with E-state index < -0.39 is 0 Å². The molecule has 1 unspecified atom stereocenters. The first-order valence-electron chi connectivity index (χ1n) is 6.01. The van der Waals surface area contributed by atoms with Crippen molar-refractivity contribution in [2.75, 3.05) is 6.54 Å². The van der Waals surface area contributed by atoms with Crippen molar-refractivity contribution in [3.8, 4) is 0 Å². The van der Waals surface area contributed by atoms with E-state index in [1.807, 2.05) is 6.92 Å². The fourth-order valence-electron chi connectivity index (χ4n) is 1.93. The van der Waals surface area contributed by atoms with Gasteiger partial charge in [0.15, 0.2) is 0 Å². The van der Waals surface area contributed by atoms with E-state index in [2.05, 4.69) is 20.6 Å². The molecular formula is C12H18N4O. The average molecular weight is 234 g/mol. The lowest BCUT2D eigenvalue weighted by Gasteiger charge is -2.10. The fraction of sp³-hybridized carbons (Fsp3) is 0.583. The molecule has 1 aromatic rings. The van der Waals surface area contributed by atoms with E-state index in [9.17, 15) is 4.79 Å². The van der Waals surface area contributed by atoms with Crippen LogP contribution >= 0.6 is 0 Å². The monoisotopic (exact) mass is 234 g/mol. The number of carbonyl (C=O) groups is 1. The highest BCUT2D eigenvalue weighted by Gasteiger charge is 2.17. The summed E-state index contributed by atoms with van der Waals surface area (Å²) >= 11 is 0. The van der Waals surface area contributed by atoms with Gasteiger partial charge >= 0.3 is 0 Å². The Kier molecular flexibility index (Phi) is 4.03. The molecule has 2 heterocycles. The fourth-order valence-corrected chi connectivity index (χ4v) is 1.93. The summed E-state index contributed by atoms with van der Waals surface area (Å²) in [5.74, 6) is 0.0757. The molecule has 92 valence electrons. The Morgan fingerprint density at radius 1 is 1.53 bits per heavy atom. The van der Waals surface area contributed by atoms with Gasteiger partial charge in [-0.05, 0) is 26.3 Å². The average Bonchev–Trinajstić information content (AvgIpc) is 2.81. The SMILES string of the molecule is Cc1cnc(CNC(=O)CC2CCCN2)cn1. The van der Waals surface area contributed by atoms with Gasteiger partial charge in [-0.15, -0.1) is 0 Å². The zero-order valence-corrected chi connectivity index (χ0v) is 10.1. The molecule has 1 atom stereocenters. The second-order valence-corrected chi connectivity index (χ2v) is 4.42. The lowest BCUT2D eigenvalue weighted by Crippen LogP contribution is -2.31. The van der Waals surface area contributed by atoms with E-state index >= 15 is 0 Å². The molecule has 0 radical (unpaired) electrons. The molecule has 5 nitrogen and oxygen atoms in total. The molecule has 0 spiro atoms. The second-order valence-electron chi connectivity index (χ2n) is 4.42. The summed E-state index contributed by atoms with van der Waals surface area (Å²) in [6.07, 6.45) is 6.22. The van der Waals surface area contributed by atoms with Crippen molar-refractivity contribution in [3.63, 3.8) is 0 Å². The van der Waals surface area contributed by atoms with E-state index in [4.69, 9.17) is 0 Å². The minimum Gasteiger partial charge on any atom is -0.350 e. The first-order valence-corrected chi connectivity index (χ1v) is 6.01. The summed E-state index contributed by atoms with van der Waals surface area (Å²) in [4.78, 5) is 20.0. The van der Waals surface area contributed by atoms with Crippen LogP contribution in [0, 0.1) is 6.92 Å². The molecule has 2 rings (SSSR count). The number of aromatic nitrogens is 2. The maximum absolute atomic E-state index is 11.6. The molecule has 0 aliphatic carbocycles. The zero-order chi connectivity index (χ0) is 12.1. The normalized spacial score (nSPS) is 19.2. The molecule has 1 aliphatic heterocycles. The van der Waals surface area contributed by atoms with E-state index in [0.717, 1.165) is 24.4 Å². The van der Waals surface area contributed by atoms with Crippen LogP contribution in [0.15, 0.2) is 12.4 Å². The molecule has 17 heavy (non-hydrogen) atoms. The quantitative estimate of drug-likeness (QED) is 0.798. The van der Waals surface area contributed by atoms with Crippen molar-refractivity contribution in [3.05, 3.63) is 23.8 Å². The van der Waals surface area contributed by atoms with Gasteiger partial charge in [-0.2, -0.15) is 0 Å². The highest BCUT2D eigenvalue weighted by molar-refractivity contribution is 5.76. The molecule has 5 heteroatoms. The van der Waals surface area contributed by atoms with Crippen molar-refractivity contribution in [2.24, 2.45) is 0 Å². The van der Waals surface area contributed by atoms with Crippen LogP contribution in [-0.2, 0) is 11.3 Å². The van der Waals surface area contributed by atoms with Gasteiger partial charge < -0.3 is 10.6 Å². The van der Waals surface area contributed by atoms with Crippen molar-refractivity contribution in [2.45, 2.75) is 38.8 Å². The first-order chi connectivity index (χ1) is 8.24. The molecule has 1 fully saturated rings. The van der Waals surface area contributed by atoms with Gasteiger partial charge in [0.2, 0.25) is 5.91 Å². The third kappa shape index (κ3) is 3.78. The van der Waals surface area contributed by atoms with Crippen LogP contribution in [0.1, 0.15) is 30.7 Å². The number of carbonyl (C=O) groups excluding carboxylic acids is 1. The van der Waals surface area contributed by atoms with Gasteiger partial charge in [0.05, 0.1) is 24.1 Å². The summed E-state index contributed by atoms with van der Waals surface area (Å²) in [6.45, 7) is 3.38. The maximum Gasteiger partial charge on any atom is 0.221 e. The van der Waals surface area contributed by atoms with E-state index in [-0.39, 0.29) is 5.91 Å². The number of nitrogens with zero attached hydrogens (tertiary/aromatic N) is 2. The van der Waals surface area contributed by atoms with Gasteiger partial charge in [0.25, 0.3) is 0 Å². The van der Waals surface area contributed by atoms with Gasteiger partial charge in [0, 0.05) is 18.7 Å². The highest BCUT2D eigenvalue weighted by Crippen LogP contribution is 2.08. The highest BCUT2D eigenvalue weighted by atomic mass is 16.1. The summed E-state index contributed by atoms with van der Waals surface area (Å²) in [5.41, 5.74) is 1.68. The topological polar surface area (TPSA) is 66.9 Å².